The van der Waals surface area contributed by atoms with Crippen molar-refractivity contribution in [3.05, 3.63) is 64.7 Å². The maximum Gasteiger partial charge on any atom is 0.257 e. The van der Waals surface area contributed by atoms with Crippen LogP contribution in [-0.4, -0.2) is 28.7 Å². The number of anilines is 1. The molecule has 0 bridgehead atoms. The molecule has 1 unspecified atom stereocenters. The van der Waals surface area contributed by atoms with Gasteiger partial charge < -0.3 is 4.90 Å². The molecule has 1 saturated carbocycles. The summed E-state index contributed by atoms with van der Waals surface area (Å²) in [6.45, 7) is 8.34. The molecular formula is C26H26ClN3O3. The zero-order chi connectivity index (χ0) is 24.1. The number of nitrogens with zero attached hydrogens (tertiary/aromatic N) is 3. The van der Waals surface area contributed by atoms with Gasteiger partial charge in [0.2, 0.25) is 11.8 Å². The number of hydrogen-bond acceptors (Lipinski definition) is 4. The highest BCUT2D eigenvalue weighted by molar-refractivity contribution is 6.31. The Kier molecular flexibility index (Phi) is 5.58. The highest BCUT2D eigenvalue weighted by Crippen LogP contribution is 2.69. The molecule has 2 aliphatic rings. The van der Waals surface area contributed by atoms with Crippen molar-refractivity contribution in [2.75, 3.05) is 4.90 Å². The third kappa shape index (κ3) is 3.71. The van der Waals surface area contributed by atoms with Crippen LogP contribution < -0.4 is 4.90 Å². The van der Waals surface area contributed by atoms with E-state index < -0.39 is 11.9 Å². The van der Waals surface area contributed by atoms with Gasteiger partial charge in [-0.2, -0.15) is 5.26 Å². The molecular weight excluding hydrogens is 438 g/mol. The second-order valence-electron chi connectivity index (χ2n) is 9.88. The van der Waals surface area contributed by atoms with Crippen molar-refractivity contribution in [3.8, 4) is 6.07 Å². The molecule has 2 aromatic carbocycles. The Morgan fingerprint density at radius 1 is 1.09 bits per heavy atom. The normalized spacial score (nSPS) is 21.1. The highest BCUT2D eigenvalue weighted by atomic mass is 35.5. The molecule has 1 saturated heterocycles. The first-order valence-electron chi connectivity index (χ1n) is 10.9. The van der Waals surface area contributed by atoms with Crippen LogP contribution in [0.4, 0.5) is 5.69 Å². The molecule has 1 aliphatic heterocycles. The summed E-state index contributed by atoms with van der Waals surface area (Å²) in [5.74, 6) is -1.22. The van der Waals surface area contributed by atoms with Crippen LogP contribution in [0, 0.1) is 28.1 Å². The SMILES string of the molecule is CC1(C)C(C(=O)N(Cc2ccccc2Cl)C2CC(=O)N(c3ccc(C#N)cc3)C2=O)C1(C)C. The van der Waals surface area contributed by atoms with Crippen LogP contribution in [0.25, 0.3) is 0 Å². The number of halogens is 1. The third-order valence-corrected chi connectivity index (χ3v) is 7.97. The second-order valence-corrected chi connectivity index (χ2v) is 10.3. The van der Waals surface area contributed by atoms with Crippen LogP contribution in [0.2, 0.25) is 5.02 Å². The Bertz CT molecular complexity index is 1170. The van der Waals surface area contributed by atoms with Crippen LogP contribution >= 0.6 is 11.6 Å². The zero-order valence-corrected chi connectivity index (χ0v) is 19.9. The molecule has 7 heteroatoms. The smallest absolute Gasteiger partial charge is 0.257 e. The molecule has 4 rings (SSSR count). The van der Waals surface area contributed by atoms with Gasteiger partial charge in [0.25, 0.3) is 5.91 Å². The lowest BCUT2D eigenvalue weighted by molar-refractivity contribution is -0.141. The van der Waals surface area contributed by atoms with Gasteiger partial charge in [0.05, 0.1) is 23.7 Å². The van der Waals surface area contributed by atoms with Gasteiger partial charge >= 0.3 is 0 Å². The summed E-state index contributed by atoms with van der Waals surface area (Å²) < 4.78 is 0. The van der Waals surface area contributed by atoms with Crippen molar-refractivity contribution in [2.45, 2.75) is 46.7 Å². The zero-order valence-electron chi connectivity index (χ0n) is 19.1. The van der Waals surface area contributed by atoms with E-state index in [1.54, 1.807) is 30.3 Å². The number of carbonyl (C=O) groups excluding carboxylic acids is 3. The Hall–Kier alpha value is -3.17. The molecule has 0 N–H and O–H groups in total. The monoisotopic (exact) mass is 463 g/mol. The van der Waals surface area contributed by atoms with Crippen molar-refractivity contribution in [1.82, 2.24) is 4.90 Å². The van der Waals surface area contributed by atoms with Crippen LogP contribution in [0.1, 0.15) is 45.2 Å². The van der Waals surface area contributed by atoms with Crippen LogP contribution in [-0.2, 0) is 20.9 Å². The van der Waals surface area contributed by atoms with Gasteiger partial charge in [0, 0.05) is 17.5 Å². The van der Waals surface area contributed by atoms with Crippen LogP contribution in [0.5, 0.6) is 0 Å². The van der Waals surface area contributed by atoms with Gasteiger partial charge in [-0.15, -0.1) is 0 Å². The van der Waals surface area contributed by atoms with Gasteiger partial charge in [-0.3, -0.25) is 14.4 Å². The summed E-state index contributed by atoms with van der Waals surface area (Å²) >= 11 is 6.38. The van der Waals surface area contributed by atoms with Gasteiger partial charge in [-0.1, -0.05) is 57.5 Å². The molecule has 6 nitrogen and oxygen atoms in total. The number of nitriles is 1. The standard InChI is InChI=1S/C26H26ClN3O3/c1-25(2)22(26(25,3)4)24(33)29(15-17-7-5-6-8-19(17)27)20-13-21(31)30(23(20)32)18-11-9-16(14-28)10-12-18/h5-12,20,22H,13,15H2,1-4H3. The molecule has 1 aliphatic carbocycles. The van der Waals surface area contributed by atoms with E-state index in [0.717, 1.165) is 10.5 Å². The quantitative estimate of drug-likeness (QED) is 0.609. The van der Waals surface area contributed by atoms with Gasteiger partial charge in [0.1, 0.15) is 6.04 Å². The fourth-order valence-corrected chi connectivity index (χ4v) is 5.14. The largest absolute Gasteiger partial charge is 0.325 e. The Morgan fingerprint density at radius 3 is 2.24 bits per heavy atom. The van der Waals surface area contributed by atoms with Gasteiger partial charge in [-0.25, -0.2) is 4.90 Å². The van der Waals surface area contributed by atoms with E-state index in [1.165, 1.54) is 4.90 Å². The van der Waals surface area contributed by atoms with Crippen molar-refractivity contribution in [2.24, 2.45) is 16.7 Å². The number of carbonyl (C=O) groups is 3. The van der Waals surface area contributed by atoms with Crippen LogP contribution in [0.3, 0.4) is 0 Å². The Morgan fingerprint density at radius 2 is 1.70 bits per heavy atom. The number of benzene rings is 2. The summed E-state index contributed by atoms with van der Waals surface area (Å²) in [5.41, 5.74) is 1.11. The predicted molar refractivity (Wildman–Crippen MR) is 125 cm³/mol. The summed E-state index contributed by atoms with van der Waals surface area (Å²) in [7, 11) is 0. The van der Waals surface area contributed by atoms with Gasteiger partial charge in [0.15, 0.2) is 0 Å². The fraction of sp³-hybridized carbons (Fsp3) is 0.385. The van der Waals surface area contributed by atoms with E-state index in [-0.39, 0.29) is 41.5 Å². The maximum absolute atomic E-state index is 13.8. The Balaban J connectivity index is 1.69. The minimum atomic E-state index is -0.913. The first-order valence-corrected chi connectivity index (χ1v) is 11.3. The predicted octanol–water partition coefficient (Wildman–Crippen LogP) is 4.55. The summed E-state index contributed by atoms with van der Waals surface area (Å²) in [6.07, 6.45) is -0.0946. The number of hydrogen-bond donors (Lipinski definition) is 0. The molecule has 0 aromatic heterocycles. The topological polar surface area (TPSA) is 81.5 Å². The number of amides is 3. The maximum atomic E-state index is 13.8. The molecule has 2 fully saturated rings. The molecule has 3 amide bonds. The summed E-state index contributed by atoms with van der Waals surface area (Å²) in [6, 6.07) is 14.6. The van der Waals surface area contributed by atoms with Crippen molar-refractivity contribution in [3.63, 3.8) is 0 Å². The minimum Gasteiger partial charge on any atom is -0.325 e. The van der Waals surface area contributed by atoms with Gasteiger partial charge in [-0.05, 0) is 46.7 Å². The van der Waals surface area contributed by atoms with Crippen molar-refractivity contribution < 1.29 is 14.4 Å². The number of rotatable bonds is 5. The second kappa shape index (κ2) is 8.00. The molecule has 0 spiro atoms. The third-order valence-electron chi connectivity index (χ3n) is 7.60. The van der Waals surface area contributed by atoms with Crippen molar-refractivity contribution in [1.29, 1.82) is 5.26 Å². The lowest BCUT2D eigenvalue weighted by atomic mass is 10.0. The fourth-order valence-electron chi connectivity index (χ4n) is 4.95. The Labute approximate surface area is 198 Å². The molecule has 170 valence electrons. The first kappa shape index (κ1) is 23.0. The lowest BCUT2D eigenvalue weighted by Gasteiger charge is -2.29. The van der Waals surface area contributed by atoms with E-state index in [4.69, 9.17) is 16.9 Å². The van der Waals surface area contributed by atoms with E-state index in [9.17, 15) is 14.4 Å². The molecule has 2 aromatic rings. The summed E-state index contributed by atoms with van der Waals surface area (Å²) in [4.78, 5) is 42.8. The van der Waals surface area contributed by atoms with Crippen LogP contribution in [0.15, 0.2) is 48.5 Å². The van der Waals surface area contributed by atoms with E-state index in [2.05, 4.69) is 0 Å². The summed E-state index contributed by atoms with van der Waals surface area (Å²) in [5, 5.41) is 9.53. The average molecular weight is 464 g/mol. The van der Waals surface area contributed by atoms with E-state index >= 15 is 0 Å². The molecule has 1 atom stereocenters. The molecule has 1 heterocycles. The molecule has 33 heavy (non-hydrogen) atoms. The number of imide groups is 1. The lowest BCUT2D eigenvalue weighted by Crippen LogP contribution is -2.46. The van der Waals surface area contributed by atoms with E-state index in [0.29, 0.717) is 16.3 Å². The molecule has 0 radical (unpaired) electrons. The highest BCUT2D eigenvalue weighted by Gasteiger charge is 2.69. The van der Waals surface area contributed by atoms with Crippen molar-refractivity contribution >= 4 is 35.0 Å². The minimum absolute atomic E-state index is 0.0946. The average Bonchev–Trinajstić information content (AvgIpc) is 3.01. The first-order chi connectivity index (χ1) is 15.5. The van der Waals surface area contributed by atoms with E-state index in [1.807, 2.05) is 52.0 Å².